The highest BCUT2D eigenvalue weighted by atomic mass is 32.2. The van der Waals surface area contributed by atoms with Crippen LogP contribution in [0.5, 0.6) is 0 Å². The monoisotopic (exact) mass is 395 g/mol. The van der Waals surface area contributed by atoms with E-state index in [1.807, 2.05) is 13.8 Å². The molecule has 2 fully saturated rings. The molecule has 2 aliphatic rings. The molecular formula is C19H29N3O4S. The van der Waals surface area contributed by atoms with E-state index < -0.39 is 16.2 Å². The molecule has 3 rings (SSSR count). The van der Waals surface area contributed by atoms with E-state index in [0.717, 1.165) is 13.1 Å². The summed E-state index contributed by atoms with van der Waals surface area (Å²) in [6.45, 7) is 8.01. The van der Waals surface area contributed by atoms with Crippen LogP contribution >= 0.6 is 0 Å². The second kappa shape index (κ2) is 8.68. The van der Waals surface area contributed by atoms with Gasteiger partial charge in [0, 0.05) is 26.2 Å². The Balaban J connectivity index is 1.82. The van der Waals surface area contributed by atoms with Gasteiger partial charge in [0.25, 0.3) is 0 Å². The summed E-state index contributed by atoms with van der Waals surface area (Å²) < 4.78 is 33.3. The third kappa shape index (κ3) is 4.51. The first-order valence-electron chi connectivity index (χ1n) is 9.57. The van der Waals surface area contributed by atoms with Crippen LogP contribution in [0.4, 0.5) is 0 Å². The van der Waals surface area contributed by atoms with E-state index in [-0.39, 0.29) is 16.7 Å². The van der Waals surface area contributed by atoms with Crippen LogP contribution in [0.1, 0.15) is 20.3 Å². The lowest BCUT2D eigenvalue weighted by Crippen LogP contribution is -2.61. The maximum atomic E-state index is 13.2. The number of nitrogens with zero attached hydrogens (tertiary/aromatic N) is 3. The van der Waals surface area contributed by atoms with Crippen molar-refractivity contribution in [3.8, 4) is 0 Å². The summed E-state index contributed by atoms with van der Waals surface area (Å²) in [4.78, 5) is 17.1. The molecule has 1 amide bonds. The topological polar surface area (TPSA) is 70.2 Å². The fourth-order valence-corrected chi connectivity index (χ4v) is 5.60. The number of ether oxygens (including phenoxy) is 1. The molecule has 2 aliphatic heterocycles. The number of carbonyl (C=O) groups excluding carboxylic acids is 1. The fourth-order valence-electron chi connectivity index (χ4n) is 3.81. The predicted molar refractivity (Wildman–Crippen MR) is 103 cm³/mol. The number of benzene rings is 1. The van der Waals surface area contributed by atoms with Crippen LogP contribution in [0.25, 0.3) is 0 Å². The largest absolute Gasteiger partial charge is 0.379 e. The number of hydrogen-bond acceptors (Lipinski definition) is 5. The molecule has 2 saturated heterocycles. The van der Waals surface area contributed by atoms with Gasteiger partial charge in [-0.05, 0) is 24.5 Å². The first kappa shape index (κ1) is 20.3. The van der Waals surface area contributed by atoms with Crippen molar-refractivity contribution in [2.45, 2.75) is 31.3 Å². The molecule has 0 saturated carbocycles. The summed E-state index contributed by atoms with van der Waals surface area (Å²) in [5.74, 6) is -0.0130. The van der Waals surface area contributed by atoms with Gasteiger partial charge in [-0.25, -0.2) is 8.42 Å². The minimum Gasteiger partial charge on any atom is -0.379 e. The van der Waals surface area contributed by atoms with Crippen molar-refractivity contribution in [1.29, 1.82) is 0 Å². The number of amides is 1. The van der Waals surface area contributed by atoms with Crippen LogP contribution in [0, 0.1) is 5.92 Å². The van der Waals surface area contributed by atoms with E-state index in [1.54, 1.807) is 35.2 Å². The zero-order valence-corrected chi connectivity index (χ0v) is 16.9. The molecule has 27 heavy (non-hydrogen) atoms. The SMILES string of the molecule is CC(C)[C@H]1N(C(=O)CN2CCOCC2)CCCN1S(=O)(=O)c1ccccc1. The second-order valence-electron chi connectivity index (χ2n) is 7.42. The van der Waals surface area contributed by atoms with Crippen LogP contribution < -0.4 is 0 Å². The minimum absolute atomic E-state index is 0.00238. The van der Waals surface area contributed by atoms with Crippen molar-refractivity contribution >= 4 is 15.9 Å². The normalized spacial score (nSPS) is 22.9. The summed E-state index contributed by atoms with van der Waals surface area (Å²) in [6.07, 6.45) is 0.182. The van der Waals surface area contributed by atoms with E-state index in [2.05, 4.69) is 4.90 Å². The molecule has 0 aromatic heterocycles. The van der Waals surface area contributed by atoms with Gasteiger partial charge in [0.15, 0.2) is 0 Å². The summed E-state index contributed by atoms with van der Waals surface area (Å²) in [5.41, 5.74) is 0. The summed E-state index contributed by atoms with van der Waals surface area (Å²) in [7, 11) is -3.65. The van der Waals surface area contributed by atoms with E-state index in [1.165, 1.54) is 4.31 Å². The third-order valence-electron chi connectivity index (χ3n) is 5.12. The quantitative estimate of drug-likeness (QED) is 0.750. The molecular weight excluding hydrogens is 366 g/mol. The Hall–Kier alpha value is -1.48. The van der Waals surface area contributed by atoms with E-state index in [0.29, 0.717) is 39.3 Å². The molecule has 0 unspecified atom stereocenters. The van der Waals surface area contributed by atoms with Gasteiger partial charge < -0.3 is 9.64 Å². The standard InChI is InChI=1S/C19H29N3O4S/c1-16(2)19-21(18(23)15-20-11-13-26-14-12-20)9-6-10-22(19)27(24,25)17-7-4-3-5-8-17/h3-5,7-8,16,19H,6,9-15H2,1-2H3/t19-/m0/s1. The number of rotatable bonds is 5. The Morgan fingerprint density at radius 1 is 1.11 bits per heavy atom. The van der Waals surface area contributed by atoms with Gasteiger partial charge in [-0.2, -0.15) is 4.31 Å². The average molecular weight is 396 g/mol. The van der Waals surface area contributed by atoms with Crippen molar-refractivity contribution < 1.29 is 17.9 Å². The van der Waals surface area contributed by atoms with Crippen LogP contribution in [0.15, 0.2) is 35.2 Å². The zero-order chi connectivity index (χ0) is 19.4. The van der Waals surface area contributed by atoms with Gasteiger partial charge in [0.1, 0.15) is 6.17 Å². The van der Waals surface area contributed by atoms with E-state index in [9.17, 15) is 13.2 Å². The highest BCUT2D eigenvalue weighted by molar-refractivity contribution is 7.89. The Labute approximate surface area is 161 Å². The Bertz CT molecular complexity index is 733. The molecule has 0 radical (unpaired) electrons. The smallest absolute Gasteiger partial charge is 0.244 e. The zero-order valence-electron chi connectivity index (χ0n) is 16.1. The molecule has 0 bridgehead atoms. The van der Waals surface area contributed by atoms with E-state index in [4.69, 9.17) is 4.74 Å². The van der Waals surface area contributed by atoms with Gasteiger partial charge in [-0.3, -0.25) is 9.69 Å². The molecule has 0 spiro atoms. The average Bonchev–Trinajstić information content (AvgIpc) is 2.68. The fraction of sp³-hybridized carbons (Fsp3) is 0.632. The molecule has 1 atom stereocenters. The number of sulfonamides is 1. The molecule has 8 heteroatoms. The lowest BCUT2D eigenvalue weighted by Gasteiger charge is -2.45. The third-order valence-corrected chi connectivity index (χ3v) is 7.00. The van der Waals surface area contributed by atoms with Gasteiger partial charge in [0.05, 0.1) is 24.7 Å². The van der Waals surface area contributed by atoms with Crippen molar-refractivity contribution in [3.05, 3.63) is 30.3 Å². The van der Waals surface area contributed by atoms with Crippen molar-refractivity contribution in [3.63, 3.8) is 0 Å². The van der Waals surface area contributed by atoms with Crippen LogP contribution in [0.3, 0.4) is 0 Å². The van der Waals surface area contributed by atoms with Crippen molar-refractivity contribution in [1.82, 2.24) is 14.1 Å². The highest BCUT2D eigenvalue weighted by Crippen LogP contribution is 2.28. The maximum absolute atomic E-state index is 13.2. The summed E-state index contributed by atoms with van der Waals surface area (Å²) in [5, 5.41) is 0. The lowest BCUT2D eigenvalue weighted by atomic mass is 10.1. The molecule has 1 aromatic carbocycles. The van der Waals surface area contributed by atoms with Crippen LogP contribution in [-0.2, 0) is 19.6 Å². The Kier molecular flexibility index (Phi) is 6.52. The summed E-state index contributed by atoms with van der Waals surface area (Å²) in [6, 6.07) is 8.47. The highest BCUT2D eigenvalue weighted by Gasteiger charge is 2.41. The molecule has 0 aliphatic carbocycles. The first-order valence-corrected chi connectivity index (χ1v) is 11.0. The van der Waals surface area contributed by atoms with Gasteiger partial charge in [-0.1, -0.05) is 32.0 Å². The number of carbonyl (C=O) groups is 1. The maximum Gasteiger partial charge on any atom is 0.244 e. The number of hydrogen-bond donors (Lipinski definition) is 0. The Morgan fingerprint density at radius 3 is 2.41 bits per heavy atom. The predicted octanol–water partition coefficient (Wildman–Crippen LogP) is 1.22. The van der Waals surface area contributed by atoms with Crippen molar-refractivity contribution in [2.75, 3.05) is 45.9 Å². The molecule has 150 valence electrons. The second-order valence-corrected chi connectivity index (χ2v) is 9.31. The van der Waals surface area contributed by atoms with Gasteiger partial charge in [-0.15, -0.1) is 0 Å². The molecule has 2 heterocycles. The Morgan fingerprint density at radius 2 is 1.78 bits per heavy atom. The molecule has 7 nitrogen and oxygen atoms in total. The number of morpholine rings is 1. The van der Waals surface area contributed by atoms with E-state index >= 15 is 0 Å². The lowest BCUT2D eigenvalue weighted by molar-refractivity contribution is -0.142. The first-order chi connectivity index (χ1) is 12.9. The van der Waals surface area contributed by atoms with Gasteiger partial charge in [0.2, 0.25) is 15.9 Å². The van der Waals surface area contributed by atoms with Crippen LogP contribution in [0.2, 0.25) is 0 Å². The van der Waals surface area contributed by atoms with Gasteiger partial charge >= 0.3 is 0 Å². The molecule has 1 aromatic rings. The van der Waals surface area contributed by atoms with Crippen molar-refractivity contribution in [2.24, 2.45) is 5.92 Å². The van der Waals surface area contributed by atoms with Crippen LogP contribution in [-0.4, -0.2) is 80.5 Å². The minimum atomic E-state index is -3.65. The molecule has 0 N–H and O–H groups in total. The summed E-state index contributed by atoms with van der Waals surface area (Å²) >= 11 is 0.